The van der Waals surface area contributed by atoms with E-state index >= 15 is 0 Å². The van der Waals surface area contributed by atoms with Gasteiger partial charge in [-0.25, -0.2) is 13.6 Å². The van der Waals surface area contributed by atoms with Gasteiger partial charge in [-0.1, -0.05) is 35.0 Å². The lowest BCUT2D eigenvalue weighted by Gasteiger charge is -2.35. The highest BCUT2D eigenvalue weighted by Crippen LogP contribution is 2.39. The van der Waals surface area contributed by atoms with Crippen molar-refractivity contribution in [3.63, 3.8) is 0 Å². The summed E-state index contributed by atoms with van der Waals surface area (Å²) in [5.41, 5.74) is 3.84. The van der Waals surface area contributed by atoms with E-state index < -0.39 is 17.7 Å². The van der Waals surface area contributed by atoms with Crippen LogP contribution in [0.25, 0.3) is 17.0 Å². The molecule has 3 aromatic carbocycles. The molecule has 1 N–H and O–H groups in total. The number of urea groups is 1. The average Bonchev–Trinajstić information content (AvgIpc) is 3.35. The molecule has 0 saturated heterocycles. The quantitative estimate of drug-likeness (QED) is 0.371. The van der Waals surface area contributed by atoms with Crippen LogP contribution in [-0.2, 0) is 0 Å². The van der Waals surface area contributed by atoms with Crippen LogP contribution in [0.15, 0.2) is 77.0 Å². The van der Waals surface area contributed by atoms with Gasteiger partial charge in [-0.15, -0.1) is 0 Å². The lowest BCUT2D eigenvalue weighted by Crippen LogP contribution is -2.46. The summed E-state index contributed by atoms with van der Waals surface area (Å²) in [7, 11) is 1.38. The molecule has 0 spiro atoms. The van der Waals surface area contributed by atoms with Crippen molar-refractivity contribution in [2.75, 3.05) is 12.0 Å². The minimum Gasteiger partial charge on any atom is -0.494 e. The van der Waals surface area contributed by atoms with Gasteiger partial charge in [0.15, 0.2) is 11.6 Å². The van der Waals surface area contributed by atoms with Crippen LogP contribution >= 0.6 is 0 Å². The van der Waals surface area contributed by atoms with Gasteiger partial charge in [-0.2, -0.15) is 4.98 Å². The molecule has 0 bridgehead atoms. The molecule has 0 radical (unpaired) electrons. The standard InChI is InChI=1S/C27H22F2N4O3/c1-15-4-11-20(12-5-15)33-16(2)23(24(30-27(33)34)17-6-9-19(28)10-7-17)26-31-25(32-36-26)18-8-13-22(35-3)21(29)14-18/h4-14,24H,1-3H3,(H,30,34). The molecule has 1 unspecified atom stereocenters. The summed E-state index contributed by atoms with van der Waals surface area (Å²) in [6.07, 6.45) is 0. The fourth-order valence-electron chi connectivity index (χ4n) is 4.19. The van der Waals surface area contributed by atoms with Crippen molar-refractivity contribution in [3.05, 3.63) is 101 Å². The van der Waals surface area contributed by atoms with Crippen molar-refractivity contribution in [2.24, 2.45) is 0 Å². The molecule has 7 nitrogen and oxygen atoms in total. The van der Waals surface area contributed by atoms with E-state index in [1.807, 2.05) is 31.2 Å². The van der Waals surface area contributed by atoms with Crippen molar-refractivity contribution in [1.82, 2.24) is 15.5 Å². The van der Waals surface area contributed by atoms with E-state index in [1.54, 1.807) is 25.1 Å². The minimum absolute atomic E-state index is 0.0983. The van der Waals surface area contributed by atoms with Gasteiger partial charge < -0.3 is 14.6 Å². The smallest absolute Gasteiger partial charge is 0.326 e. The summed E-state index contributed by atoms with van der Waals surface area (Å²) in [5, 5.41) is 7.01. The number of benzene rings is 3. The fourth-order valence-corrected chi connectivity index (χ4v) is 4.19. The number of ether oxygens (including phenoxy) is 1. The molecule has 182 valence electrons. The zero-order chi connectivity index (χ0) is 25.4. The second-order valence-corrected chi connectivity index (χ2v) is 8.38. The Kier molecular flexibility index (Phi) is 5.97. The number of aryl methyl sites for hydroxylation is 1. The van der Waals surface area contributed by atoms with Gasteiger partial charge in [0.25, 0.3) is 5.89 Å². The molecule has 9 heteroatoms. The Morgan fingerprint density at radius 1 is 1.00 bits per heavy atom. The maximum absolute atomic E-state index is 14.3. The first kappa shape index (κ1) is 23.2. The molecule has 0 aliphatic carbocycles. The van der Waals surface area contributed by atoms with Crippen LogP contribution in [-0.4, -0.2) is 23.3 Å². The molecule has 1 aliphatic rings. The van der Waals surface area contributed by atoms with E-state index in [-0.39, 0.29) is 23.5 Å². The number of halogens is 2. The van der Waals surface area contributed by atoms with Gasteiger partial charge in [0, 0.05) is 11.3 Å². The summed E-state index contributed by atoms with van der Waals surface area (Å²) in [6, 6.07) is 16.6. The van der Waals surface area contributed by atoms with Crippen LogP contribution in [0.5, 0.6) is 5.75 Å². The largest absolute Gasteiger partial charge is 0.494 e. The third kappa shape index (κ3) is 4.19. The van der Waals surface area contributed by atoms with E-state index in [1.165, 1.54) is 36.3 Å². The number of aromatic nitrogens is 2. The highest BCUT2D eigenvalue weighted by atomic mass is 19.1. The number of methoxy groups -OCH3 is 1. The molecule has 1 aromatic heterocycles. The highest BCUT2D eigenvalue weighted by Gasteiger charge is 2.36. The van der Waals surface area contributed by atoms with Gasteiger partial charge in [-0.3, -0.25) is 4.90 Å². The van der Waals surface area contributed by atoms with Crippen LogP contribution in [0, 0.1) is 18.6 Å². The van der Waals surface area contributed by atoms with Crippen LogP contribution in [0.3, 0.4) is 0 Å². The minimum atomic E-state index is -0.680. The summed E-state index contributed by atoms with van der Waals surface area (Å²) >= 11 is 0. The zero-order valence-electron chi connectivity index (χ0n) is 19.8. The topological polar surface area (TPSA) is 80.5 Å². The monoisotopic (exact) mass is 488 g/mol. The molecule has 36 heavy (non-hydrogen) atoms. The van der Waals surface area contributed by atoms with E-state index in [9.17, 15) is 13.6 Å². The zero-order valence-corrected chi connectivity index (χ0v) is 19.8. The van der Waals surface area contributed by atoms with Crippen LogP contribution in [0.4, 0.5) is 19.3 Å². The van der Waals surface area contributed by atoms with Crippen LogP contribution in [0.1, 0.15) is 30.0 Å². The predicted octanol–water partition coefficient (Wildman–Crippen LogP) is 6.03. The molecular formula is C27H22F2N4O3. The molecule has 4 aromatic rings. The lowest BCUT2D eigenvalue weighted by atomic mass is 9.94. The molecule has 1 aliphatic heterocycles. The number of amides is 2. The molecular weight excluding hydrogens is 466 g/mol. The number of allylic oxidation sites excluding steroid dienone is 1. The van der Waals surface area contributed by atoms with E-state index in [4.69, 9.17) is 9.26 Å². The predicted molar refractivity (Wildman–Crippen MR) is 130 cm³/mol. The van der Waals surface area contributed by atoms with E-state index in [2.05, 4.69) is 15.5 Å². The Balaban J connectivity index is 1.63. The van der Waals surface area contributed by atoms with Crippen molar-refractivity contribution < 1.29 is 22.8 Å². The summed E-state index contributed by atoms with van der Waals surface area (Å²) in [5.74, 6) is -0.544. The second-order valence-electron chi connectivity index (χ2n) is 8.38. The van der Waals surface area contributed by atoms with Gasteiger partial charge in [0.1, 0.15) is 5.82 Å². The van der Waals surface area contributed by atoms with Crippen LogP contribution < -0.4 is 15.0 Å². The van der Waals surface area contributed by atoms with Gasteiger partial charge >= 0.3 is 6.03 Å². The van der Waals surface area contributed by atoms with Gasteiger partial charge in [0.2, 0.25) is 5.82 Å². The fraction of sp³-hybridized carbons (Fsp3) is 0.148. The van der Waals surface area contributed by atoms with Crippen LogP contribution in [0.2, 0.25) is 0 Å². The lowest BCUT2D eigenvalue weighted by molar-refractivity contribution is 0.244. The van der Waals surface area contributed by atoms with Crippen molar-refractivity contribution in [2.45, 2.75) is 19.9 Å². The Bertz CT molecular complexity index is 1460. The number of anilines is 1. The maximum atomic E-state index is 14.3. The summed E-state index contributed by atoms with van der Waals surface area (Å²) in [6.45, 7) is 3.74. The molecule has 2 amide bonds. The molecule has 0 fully saturated rings. The van der Waals surface area contributed by atoms with Crippen molar-refractivity contribution in [1.29, 1.82) is 0 Å². The third-order valence-electron chi connectivity index (χ3n) is 6.05. The normalized spacial score (nSPS) is 15.8. The summed E-state index contributed by atoms with van der Waals surface area (Å²) < 4.78 is 38.5. The number of nitrogens with zero attached hydrogens (tertiary/aromatic N) is 3. The molecule has 2 heterocycles. The Morgan fingerprint density at radius 3 is 2.39 bits per heavy atom. The average molecular weight is 488 g/mol. The van der Waals surface area contributed by atoms with Crippen molar-refractivity contribution in [3.8, 4) is 17.1 Å². The van der Waals surface area contributed by atoms with E-state index in [0.717, 1.165) is 5.56 Å². The van der Waals surface area contributed by atoms with Crippen molar-refractivity contribution >= 4 is 17.3 Å². The van der Waals surface area contributed by atoms with Gasteiger partial charge in [0.05, 0.1) is 24.4 Å². The SMILES string of the molecule is COc1ccc(-c2noc(C3=C(C)N(c4ccc(C)cc4)C(=O)NC3c3ccc(F)cc3)n2)cc1F. The first-order valence-corrected chi connectivity index (χ1v) is 11.2. The number of hydrogen-bond acceptors (Lipinski definition) is 5. The molecule has 1 atom stereocenters. The third-order valence-corrected chi connectivity index (χ3v) is 6.05. The Morgan fingerprint density at radius 2 is 1.72 bits per heavy atom. The maximum Gasteiger partial charge on any atom is 0.326 e. The Hall–Kier alpha value is -4.53. The molecule has 5 rings (SSSR count). The molecule has 0 saturated carbocycles. The number of carbonyl (C=O) groups is 1. The number of hydrogen-bond donors (Lipinski definition) is 1. The number of carbonyl (C=O) groups excluding carboxylic acids is 1. The highest BCUT2D eigenvalue weighted by molar-refractivity contribution is 6.01. The number of rotatable bonds is 5. The number of nitrogens with one attached hydrogen (secondary N) is 1. The van der Waals surface area contributed by atoms with E-state index in [0.29, 0.717) is 28.1 Å². The Labute approximate surface area is 206 Å². The van der Waals surface area contributed by atoms with Gasteiger partial charge in [-0.05, 0) is 61.9 Å². The summed E-state index contributed by atoms with van der Waals surface area (Å²) in [4.78, 5) is 19.3. The first-order chi connectivity index (χ1) is 17.4. The first-order valence-electron chi connectivity index (χ1n) is 11.2. The second kappa shape index (κ2) is 9.26.